The van der Waals surface area contributed by atoms with E-state index in [0.717, 1.165) is 26.0 Å². The van der Waals surface area contributed by atoms with Crippen LogP contribution in [0.4, 0.5) is 5.69 Å². The Balaban J connectivity index is 1.49. The number of rotatable bonds is 6. The highest BCUT2D eigenvalue weighted by atomic mass is 35.5. The molecule has 6 nitrogen and oxygen atoms in total. The molecule has 144 valence electrons. The number of nitrogen functional groups attached to an aromatic ring is 1. The number of ether oxygens (including phenoxy) is 2. The van der Waals surface area contributed by atoms with Crippen LogP contribution in [0.2, 0.25) is 5.02 Å². The molecule has 1 aromatic carbocycles. The largest absolute Gasteiger partial charge is 0.496 e. The van der Waals surface area contributed by atoms with Gasteiger partial charge in [-0.2, -0.15) is 0 Å². The first-order valence-corrected chi connectivity index (χ1v) is 9.72. The minimum Gasteiger partial charge on any atom is -0.496 e. The third-order valence-electron chi connectivity index (χ3n) is 5.24. The standard InChI is InChI=1S/C19H28ClN3O3/c1-25-18-13-17(21)16(20)12-15(18)19(24)23-8-4-14(5-9-23)26-11-10-22-6-2-3-7-22/h12-14H,2-11,21H2,1H3. The lowest BCUT2D eigenvalue weighted by atomic mass is 10.1. The zero-order valence-electron chi connectivity index (χ0n) is 15.4. The molecule has 7 heteroatoms. The maximum absolute atomic E-state index is 12.8. The van der Waals surface area contributed by atoms with Crippen LogP contribution < -0.4 is 10.5 Å². The van der Waals surface area contributed by atoms with Crippen LogP contribution in [-0.4, -0.2) is 68.3 Å². The molecule has 1 aromatic rings. The molecule has 2 heterocycles. The summed E-state index contributed by atoms with van der Waals surface area (Å²) in [5.74, 6) is 0.389. The van der Waals surface area contributed by atoms with Gasteiger partial charge in [0.15, 0.2) is 0 Å². The smallest absolute Gasteiger partial charge is 0.257 e. The van der Waals surface area contributed by atoms with E-state index in [9.17, 15) is 4.79 Å². The van der Waals surface area contributed by atoms with E-state index in [1.54, 1.807) is 12.1 Å². The Morgan fingerprint density at radius 3 is 2.58 bits per heavy atom. The van der Waals surface area contributed by atoms with Gasteiger partial charge in [-0.15, -0.1) is 0 Å². The fourth-order valence-electron chi connectivity index (χ4n) is 3.66. The van der Waals surface area contributed by atoms with Crippen LogP contribution >= 0.6 is 11.6 Å². The summed E-state index contributed by atoms with van der Waals surface area (Å²) in [7, 11) is 1.53. The normalized spacial score (nSPS) is 19.1. The first-order chi connectivity index (χ1) is 12.6. The summed E-state index contributed by atoms with van der Waals surface area (Å²) in [5.41, 5.74) is 6.66. The molecule has 1 amide bonds. The van der Waals surface area contributed by atoms with Crippen molar-refractivity contribution < 1.29 is 14.3 Å². The number of methoxy groups -OCH3 is 1. The molecule has 0 bridgehead atoms. The second-order valence-corrected chi connectivity index (χ2v) is 7.39. The van der Waals surface area contributed by atoms with Crippen LogP contribution in [0.15, 0.2) is 12.1 Å². The Morgan fingerprint density at radius 2 is 1.92 bits per heavy atom. The van der Waals surface area contributed by atoms with Gasteiger partial charge < -0.3 is 25.0 Å². The zero-order valence-corrected chi connectivity index (χ0v) is 16.1. The second kappa shape index (κ2) is 8.93. The van der Waals surface area contributed by atoms with Crippen molar-refractivity contribution in [3.8, 4) is 5.75 Å². The number of carbonyl (C=O) groups is 1. The van der Waals surface area contributed by atoms with Crippen LogP contribution in [0, 0.1) is 0 Å². The molecule has 2 saturated heterocycles. The molecule has 0 spiro atoms. The second-order valence-electron chi connectivity index (χ2n) is 6.99. The van der Waals surface area contributed by atoms with Crippen molar-refractivity contribution in [2.24, 2.45) is 0 Å². The molecule has 2 N–H and O–H groups in total. The summed E-state index contributed by atoms with van der Waals surface area (Å²) in [6.07, 6.45) is 4.56. The summed E-state index contributed by atoms with van der Waals surface area (Å²) >= 11 is 6.08. The Bertz CT molecular complexity index is 627. The number of likely N-dealkylation sites (tertiary alicyclic amines) is 2. The molecule has 3 rings (SSSR count). The molecule has 2 aliphatic heterocycles. The molecule has 0 aromatic heterocycles. The van der Waals surface area contributed by atoms with E-state index in [2.05, 4.69) is 4.90 Å². The van der Waals surface area contributed by atoms with Gasteiger partial charge in [0.2, 0.25) is 0 Å². The van der Waals surface area contributed by atoms with Crippen LogP contribution in [0.25, 0.3) is 0 Å². The predicted molar refractivity (Wildman–Crippen MR) is 103 cm³/mol. The van der Waals surface area contributed by atoms with Gasteiger partial charge in [0.05, 0.1) is 36.1 Å². The molecular formula is C19H28ClN3O3. The highest BCUT2D eigenvalue weighted by Gasteiger charge is 2.26. The minimum absolute atomic E-state index is 0.0701. The monoisotopic (exact) mass is 381 g/mol. The van der Waals surface area contributed by atoms with E-state index in [1.807, 2.05) is 4.90 Å². The Kier molecular flexibility index (Phi) is 6.62. The molecule has 0 saturated carbocycles. The number of carbonyl (C=O) groups excluding carboxylic acids is 1. The number of nitrogens with zero attached hydrogens (tertiary/aromatic N) is 2. The SMILES string of the molecule is COc1cc(N)c(Cl)cc1C(=O)N1CCC(OCCN2CCCC2)CC1. The maximum Gasteiger partial charge on any atom is 0.257 e. The van der Waals surface area contributed by atoms with Crippen molar-refractivity contribution in [2.75, 3.05) is 52.2 Å². The summed E-state index contributed by atoms with van der Waals surface area (Å²) in [4.78, 5) is 17.1. The number of benzene rings is 1. The van der Waals surface area contributed by atoms with Gasteiger partial charge in [-0.25, -0.2) is 0 Å². The number of hydrogen-bond donors (Lipinski definition) is 1. The number of amides is 1. The van der Waals surface area contributed by atoms with E-state index in [0.29, 0.717) is 35.1 Å². The van der Waals surface area contributed by atoms with Gasteiger partial charge in [-0.3, -0.25) is 4.79 Å². The molecule has 2 fully saturated rings. The first-order valence-electron chi connectivity index (χ1n) is 9.34. The van der Waals surface area contributed by atoms with Gasteiger partial charge in [0, 0.05) is 25.7 Å². The van der Waals surface area contributed by atoms with Gasteiger partial charge in [0.25, 0.3) is 5.91 Å². The molecule has 0 aliphatic carbocycles. The number of halogens is 1. The van der Waals surface area contributed by atoms with E-state index >= 15 is 0 Å². The third kappa shape index (κ3) is 4.61. The van der Waals surface area contributed by atoms with Crippen molar-refractivity contribution >= 4 is 23.2 Å². The van der Waals surface area contributed by atoms with Crippen molar-refractivity contribution in [3.05, 3.63) is 22.7 Å². The molecule has 0 atom stereocenters. The first kappa shape index (κ1) is 19.3. The average Bonchev–Trinajstić information content (AvgIpc) is 3.17. The van der Waals surface area contributed by atoms with Crippen molar-refractivity contribution in [1.82, 2.24) is 9.80 Å². The van der Waals surface area contributed by atoms with Crippen molar-refractivity contribution in [3.63, 3.8) is 0 Å². The highest BCUT2D eigenvalue weighted by Crippen LogP contribution is 2.30. The number of hydrogen-bond acceptors (Lipinski definition) is 5. The molecule has 0 radical (unpaired) electrons. The van der Waals surface area contributed by atoms with Gasteiger partial charge in [-0.1, -0.05) is 11.6 Å². The number of nitrogens with two attached hydrogens (primary N) is 1. The summed E-state index contributed by atoms with van der Waals surface area (Å²) < 4.78 is 11.3. The minimum atomic E-state index is -0.0701. The predicted octanol–water partition coefficient (Wildman–Crippen LogP) is 2.65. The van der Waals surface area contributed by atoms with Crippen molar-refractivity contribution in [2.45, 2.75) is 31.8 Å². The maximum atomic E-state index is 12.8. The third-order valence-corrected chi connectivity index (χ3v) is 5.57. The van der Waals surface area contributed by atoms with Crippen molar-refractivity contribution in [1.29, 1.82) is 0 Å². The average molecular weight is 382 g/mol. The van der Waals surface area contributed by atoms with Gasteiger partial charge >= 0.3 is 0 Å². The Labute approximate surface area is 160 Å². The summed E-state index contributed by atoms with van der Waals surface area (Å²) in [6.45, 7) is 5.54. The van der Waals surface area contributed by atoms with E-state index in [1.165, 1.54) is 33.0 Å². The fourth-order valence-corrected chi connectivity index (χ4v) is 3.82. The van der Waals surface area contributed by atoms with Crippen LogP contribution in [0.3, 0.4) is 0 Å². The summed E-state index contributed by atoms with van der Waals surface area (Å²) in [6, 6.07) is 3.19. The van der Waals surface area contributed by atoms with Crippen LogP contribution in [-0.2, 0) is 4.74 Å². The Morgan fingerprint density at radius 1 is 1.23 bits per heavy atom. The number of piperidine rings is 1. The molecular weight excluding hydrogens is 354 g/mol. The van der Waals surface area contributed by atoms with Crippen LogP contribution in [0.1, 0.15) is 36.0 Å². The summed E-state index contributed by atoms with van der Waals surface area (Å²) in [5, 5.41) is 0.370. The van der Waals surface area contributed by atoms with Gasteiger partial charge in [0.1, 0.15) is 5.75 Å². The molecule has 2 aliphatic rings. The van der Waals surface area contributed by atoms with Crippen LogP contribution in [0.5, 0.6) is 5.75 Å². The van der Waals surface area contributed by atoms with Gasteiger partial charge in [-0.05, 0) is 44.8 Å². The molecule has 0 unspecified atom stereocenters. The lowest BCUT2D eigenvalue weighted by Crippen LogP contribution is -2.41. The van der Waals surface area contributed by atoms with E-state index in [4.69, 9.17) is 26.8 Å². The van der Waals surface area contributed by atoms with E-state index < -0.39 is 0 Å². The number of anilines is 1. The lowest BCUT2D eigenvalue weighted by molar-refractivity contribution is 0.00203. The fraction of sp³-hybridized carbons (Fsp3) is 0.632. The molecule has 26 heavy (non-hydrogen) atoms. The lowest BCUT2D eigenvalue weighted by Gasteiger charge is -2.32. The topological polar surface area (TPSA) is 68.0 Å². The zero-order chi connectivity index (χ0) is 18.5. The quantitative estimate of drug-likeness (QED) is 0.767. The Hall–Kier alpha value is -1.50. The van der Waals surface area contributed by atoms with E-state index in [-0.39, 0.29) is 12.0 Å². The highest BCUT2D eigenvalue weighted by molar-refractivity contribution is 6.33.